The average Bonchev–Trinajstić information content (AvgIpc) is 2.53. The minimum Gasteiger partial charge on any atom is -0.309 e. The van der Waals surface area contributed by atoms with Gasteiger partial charge in [-0.2, -0.15) is 0 Å². The molecule has 2 heteroatoms. The zero-order valence-corrected chi connectivity index (χ0v) is 13.8. The molecular formula is C19H25NS. The van der Waals surface area contributed by atoms with Crippen molar-refractivity contribution in [2.45, 2.75) is 37.6 Å². The lowest BCUT2D eigenvalue weighted by Crippen LogP contribution is -2.23. The molecule has 0 saturated heterocycles. The van der Waals surface area contributed by atoms with Crippen molar-refractivity contribution in [3.8, 4) is 0 Å². The maximum absolute atomic E-state index is 3.62. The average molecular weight is 299 g/mol. The monoisotopic (exact) mass is 299 g/mol. The Bertz CT molecular complexity index is 524. The molecule has 0 radical (unpaired) electrons. The van der Waals surface area contributed by atoms with Crippen molar-refractivity contribution in [2.75, 3.05) is 12.3 Å². The molecule has 1 N–H and O–H groups in total. The van der Waals surface area contributed by atoms with E-state index in [1.807, 2.05) is 11.8 Å². The van der Waals surface area contributed by atoms with Crippen LogP contribution in [0.3, 0.4) is 0 Å². The number of thioether (sulfide) groups is 1. The van der Waals surface area contributed by atoms with Crippen LogP contribution in [-0.2, 0) is 6.42 Å². The lowest BCUT2D eigenvalue weighted by Gasteiger charge is -2.19. The second kappa shape index (κ2) is 8.91. The fourth-order valence-corrected chi connectivity index (χ4v) is 3.49. The molecule has 0 aliphatic heterocycles. The first-order valence-corrected chi connectivity index (χ1v) is 8.82. The van der Waals surface area contributed by atoms with Gasteiger partial charge >= 0.3 is 0 Å². The van der Waals surface area contributed by atoms with Gasteiger partial charge < -0.3 is 5.32 Å². The third-order valence-corrected chi connectivity index (χ3v) is 4.61. The summed E-state index contributed by atoms with van der Waals surface area (Å²) in [6.45, 7) is 5.41. The minimum atomic E-state index is 0.414. The highest BCUT2D eigenvalue weighted by molar-refractivity contribution is 7.99. The molecule has 2 rings (SSSR count). The largest absolute Gasteiger partial charge is 0.309 e. The van der Waals surface area contributed by atoms with Gasteiger partial charge in [-0.15, -0.1) is 11.8 Å². The quantitative estimate of drug-likeness (QED) is 0.682. The number of rotatable bonds is 8. The van der Waals surface area contributed by atoms with Crippen molar-refractivity contribution in [3.63, 3.8) is 0 Å². The van der Waals surface area contributed by atoms with Crippen LogP contribution in [-0.4, -0.2) is 12.3 Å². The van der Waals surface area contributed by atoms with E-state index in [9.17, 15) is 0 Å². The molecular weight excluding hydrogens is 274 g/mol. The molecule has 0 bridgehead atoms. The fraction of sp³-hybridized carbons (Fsp3) is 0.368. The van der Waals surface area contributed by atoms with Crippen molar-refractivity contribution in [2.24, 2.45) is 0 Å². The Morgan fingerprint density at radius 2 is 1.81 bits per heavy atom. The summed E-state index contributed by atoms with van der Waals surface area (Å²) < 4.78 is 0. The van der Waals surface area contributed by atoms with Gasteiger partial charge in [-0.25, -0.2) is 0 Å². The first-order chi connectivity index (χ1) is 10.3. The van der Waals surface area contributed by atoms with Crippen LogP contribution in [0.25, 0.3) is 0 Å². The van der Waals surface area contributed by atoms with E-state index in [-0.39, 0.29) is 0 Å². The standard InChI is InChI=1S/C19H25NS/c1-3-9-16-10-8-11-17(14-16)19(20-4-2)15-21-18-12-6-5-7-13-18/h5-8,10-14,19-20H,3-4,9,15H2,1-2H3. The van der Waals surface area contributed by atoms with Crippen LogP contribution < -0.4 is 5.32 Å². The summed E-state index contributed by atoms with van der Waals surface area (Å²) in [7, 11) is 0. The van der Waals surface area contributed by atoms with Crippen LogP contribution in [0.5, 0.6) is 0 Å². The number of hydrogen-bond donors (Lipinski definition) is 1. The molecule has 1 nitrogen and oxygen atoms in total. The highest BCUT2D eigenvalue weighted by atomic mass is 32.2. The Hall–Kier alpha value is -1.25. The summed E-state index contributed by atoms with van der Waals surface area (Å²) in [5.74, 6) is 1.06. The first-order valence-electron chi connectivity index (χ1n) is 7.83. The van der Waals surface area contributed by atoms with E-state index in [1.54, 1.807) is 0 Å². The van der Waals surface area contributed by atoms with Gasteiger partial charge in [0.1, 0.15) is 0 Å². The Balaban J connectivity index is 2.05. The fourth-order valence-electron chi connectivity index (χ4n) is 2.47. The molecule has 21 heavy (non-hydrogen) atoms. The first kappa shape index (κ1) is 16.1. The highest BCUT2D eigenvalue weighted by Gasteiger charge is 2.11. The van der Waals surface area contributed by atoms with Gasteiger partial charge in [0, 0.05) is 16.7 Å². The molecule has 0 aromatic heterocycles. The smallest absolute Gasteiger partial charge is 0.0415 e. The van der Waals surface area contributed by atoms with Crippen LogP contribution in [0, 0.1) is 0 Å². The van der Waals surface area contributed by atoms with Crippen LogP contribution in [0.15, 0.2) is 59.5 Å². The second-order valence-corrected chi connectivity index (χ2v) is 6.32. The Morgan fingerprint density at radius 1 is 1.00 bits per heavy atom. The summed E-state index contributed by atoms with van der Waals surface area (Å²) in [6, 6.07) is 20.1. The van der Waals surface area contributed by atoms with Crippen molar-refractivity contribution in [1.29, 1.82) is 0 Å². The summed E-state index contributed by atoms with van der Waals surface area (Å²) in [6.07, 6.45) is 2.37. The van der Waals surface area contributed by atoms with Crippen LogP contribution in [0.2, 0.25) is 0 Å². The van der Waals surface area contributed by atoms with Gasteiger partial charge in [0.05, 0.1) is 0 Å². The maximum atomic E-state index is 3.62. The summed E-state index contributed by atoms with van der Waals surface area (Å²) >= 11 is 1.92. The number of aryl methyl sites for hydroxylation is 1. The molecule has 0 heterocycles. The molecule has 2 aromatic rings. The Labute approximate surface area is 133 Å². The van der Waals surface area contributed by atoms with E-state index in [4.69, 9.17) is 0 Å². The molecule has 0 fully saturated rings. The predicted molar refractivity (Wildman–Crippen MR) is 94.0 cm³/mol. The molecule has 0 amide bonds. The number of hydrogen-bond acceptors (Lipinski definition) is 2. The van der Waals surface area contributed by atoms with Crippen molar-refractivity contribution in [3.05, 3.63) is 65.7 Å². The molecule has 112 valence electrons. The number of nitrogens with one attached hydrogen (secondary N) is 1. The molecule has 1 unspecified atom stereocenters. The van der Waals surface area contributed by atoms with E-state index in [0.29, 0.717) is 6.04 Å². The van der Waals surface area contributed by atoms with E-state index < -0.39 is 0 Å². The van der Waals surface area contributed by atoms with Crippen LogP contribution in [0.4, 0.5) is 0 Å². The normalized spacial score (nSPS) is 12.3. The molecule has 0 spiro atoms. The summed E-state index contributed by atoms with van der Waals surface area (Å²) in [4.78, 5) is 1.34. The molecule has 0 aliphatic carbocycles. The van der Waals surface area contributed by atoms with Gasteiger partial charge in [-0.05, 0) is 36.2 Å². The van der Waals surface area contributed by atoms with Crippen molar-refractivity contribution >= 4 is 11.8 Å². The van der Waals surface area contributed by atoms with Crippen LogP contribution in [0.1, 0.15) is 37.4 Å². The second-order valence-electron chi connectivity index (χ2n) is 5.23. The Morgan fingerprint density at radius 3 is 2.52 bits per heavy atom. The van der Waals surface area contributed by atoms with Gasteiger partial charge in [-0.1, -0.05) is 62.7 Å². The number of benzene rings is 2. The van der Waals surface area contributed by atoms with Gasteiger partial charge in [0.2, 0.25) is 0 Å². The third-order valence-electron chi connectivity index (χ3n) is 3.50. The maximum Gasteiger partial charge on any atom is 0.0415 e. The molecule has 0 aliphatic rings. The molecule has 2 aromatic carbocycles. The minimum absolute atomic E-state index is 0.414. The van der Waals surface area contributed by atoms with Gasteiger partial charge in [0.15, 0.2) is 0 Å². The third kappa shape index (κ3) is 5.22. The van der Waals surface area contributed by atoms with E-state index in [0.717, 1.165) is 12.3 Å². The highest BCUT2D eigenvalue weighted by Crippen LogP contribution is 2.25. The summed E-state index contributed by atoms with van der Waals surface area (Å²) in [5, 5.41) is 3.62. The van der Waals surface area contributed by atoms with Crippen molar-refractivity contribution < 1.29 is 0 Å². The Kier molecular flexibility index (Phi) is 6.84. The summed E-state index contributed by atoms with van der Waals surface area (Å²) in [5.41, 5.74) is 2.86. The zero-order valence-electron chi connectivity index (χ0n) is 13.0. The lowest BCUT2D eigenvalue weighted by molar-refractivity contribution is 0.605. The van der Waals surface area contributed by atoms with E-state index >= 15 is 0 Å². The van der Waals surface area contributed by atoms with E-state index in [2.05, 4.69) is 73.8 Å². The van der Waals surface area contributed by atoms with Gasteiger partial charge in [0.25, 0.3) is 0 Å². The molecule has 1 atom stereocenters. The van der Waals surface area contributed by atoms with E-state index in [1.165, 1.54) is 28.9 Å². The molecule has 0 saturated carbocycles. The zero-order chi connectivity index (χ0) is 14.9. The topological polar surface area (TPSA) is 12.0 Å². The lowest BCUT2D eigenvalue weighted by atomic mass is 10.0. The van der Waals surface area contributed by atoms with Crippen LogP contribution >= 0.6 is 11.8 Å². The SMILES string of the molecule is CCCc1cccc(C(CSc2ccccc2)NCC)c1. The predicted octanol–water partition coefficient (Wildman–Crippen LogP) is 5.08. The van der Waals surface area contributed by atoms with Crippen molar-refractivity contribution in [1.82, 2.24) is 5.32 Å². The van der Waals surface area contributed by atoms with Gasteiger partial charge in [-0.3, -0.25) is 0 Å².